The highest BCUT2D eigenvalue weighted by Crippen LogP contribution is 2.75. The van der Waals surface area contributed by atoms with Gasteiger partial charge in [-0.2, -0.15) is 0 Å². The van der Waals surface area contributed by atoms with Crippen molar-refractivity contribution < 1.29 is 25.2 Å². The van der Waals surface area contributed by atoms with Gasteiger partial charge in [0.1, 0.15) is 6.10 Å². The number of carbonyl (C=O) groups is 1. The lowest BCUT2D eigenvalue weighted by Gasteiger charge is -2.71. The third-order valence-corrected chi connectivity index (χ3v) is 12.2. The highest BCUT2D eigenvalue weighted by Gasteiger charge is 2.76. The molecule has 0 aromatic carbocycles. The molecule has 0 heterocycles. The van der Waals surface area contributed by atoms with E-state index in [1.165, 1.54) is 5.57 Å². The lowest BCUT2D eigenvalue weighted by Crippen LogP contribution is -2.74. The van der Waals surface area contributed by atoms with Gasteiger partial charge in [0.05, 0.1) is 17.8 Å². The Hall–Kier alpha value is -0.750. The van der Waals surface area contributed by atoms with Gasteiger partial charge in [-0.25, -0.2) is 0 Å². The molecule has 11 atom stereocenters. The molecule has 0 saturated heterocycles. The number of allylic oxidation sites excluding steroid dienone is 2. The van der Waals surface area contributed by atoms with Crippen LogP contribution in [0.2, 0.25) is 0 Å². The van der Waals surface area contributed by atoms with Crippen LogP contribution in [0.1, 0.15) is 100 Å². The van der Waals surface area contributed by atoms with Gasteiger partial charge in [-0.1, -0.05) is 46.3 Å². The number of hydrogen-bond donors (Lipinski definition) is 4. The molecule has 5 nitrogen and oxygen atoms in total. The van der Waals surface area contributed by atoms with E-state index in [0.29, 0.717) is 19.3 Å². The molecule has 5 heteroatoms. The highest BCUT2D eigenvalue weighted by atomic mass is 16.3. The summed E-state index contributed by atoms with van der Waals surface area (Å²) < 4.78 is 0. The Labute approximate surface area is 212 Å². The maximum absolute atomic E-state index is 14.1. The van der Waals surface area contributed by atoms with E-state index in [1.807, 2.05) is 20.8 Å². The van der Waals surface area contributed by atoms with Crippen LogP contribution in [0.4, 0.5) is 0 Å². The quantitative estimate of drug-likeness (QED) is 0.430. The van der Waals surface area contributed by atoms with E-state index in [-0.39, 0.29) is 29.0 Å². The van der Waals surface area contributed by atoms with Gasteiger partial charge in [-0.15, -0.1) is 0 Å². The van der Waals surface area contributed by atoms with Gasteiger partial charge in [-0.05, 0) is 93.8 Å². The average molecular weight is 491 g/mol. The molecule has 0 spiro atoms. The van der Waals surface area contributed by atoms with Crippen molar-refractivity contribution in [1.29, 1.82) is 0 Å². The summed E-state index contributed by atoms with van der Waals surface area (Å²) in [6.45, 7) is 16.6. The Kier molecular flexibility index (Phi) is 6.53. The first-order chi connectivity index (χ1) is 16.0. The Balaban J connectivity index is 1.77. The summed E-state index contributed by atoms with van der Waals surface area (Å²) in [5.74, 6) is -1.21. The standard InChI is InChI=1S/C30H50O5/c1-17(2)10-9-13-29(7,35)18-11-15-28(6)22(18)23(33)24(34)25-27(5)14-12-20(31)26(3,4)19(27)16-21(32)30(25,28)8/h10,18-22,24-25,31-32,34-35H,9,11-16H2,1-8H3/t18-,19-,20-,21-,22-,24-,25+,27-,28+,29-,30+/m0/s1. The molecule has 4 aliphatic rings. The Morgan fingerprint density at radius 3 is 2.26 bits per heavy atom. The fourth-order valence-corrected chi connectivity index (χ4v) is 10.0. The summed E-state index contributed by atoms with van der Waals surface area (Å²) in [6.07, 6.45) is 4.59. The number of aliphatic hydroxyl groups is 4. The number of ketones is 1. The van der Waals surface area contributed by atoms with Gasteiger partial charge in [0, 0.05) is 17.3 Å². The third-order valence-electron chi connectivity index (χ3n) is 12.2. The maximum Gasteiger partial charge on any atom is 0.165 e. The highest BCUT2D eigenvalue weighted by molar-refractivity contribution is 5.88. The first-order valence-electron chi connectivity index (χ1n) is 13.9. The second kappa shape index (κ2) is 8.38. The lowest BCUT2D eigenvalue weighted by molar-refractivity contribution is -0.278. The molecule has 0 bridgehead atoms. The van der Waals surface area contributed by atoms with Crippen LogP contribution in [0.25, 0.3) is 0 Å². The molecule has 4 saturated carbocycles. The fraction of sp³-hybridized carbons (Fsp3) is 0.900. The summed E-state index contributed by atoms with van der Waals surface area (Å²) in [5, 5.41) is 46.1. The predicted octanol–water partition coefficient (Wildman–Crippen LogP) is 4.65. The second-order valence-electron chi connectivity index (χ2n) is 14.5. The normalized spacial score (nSPS) is 50.5. The van der Waals surface area contributed by atoms with E-state index >= 15 is 0 Å². The van der Waals surface area contributed by atoms with Crippen molar-refractivity contribution in [2.24, 2.45) is 45.3 Å². The summed E-state index contributed by atoms with van der Waals surface area (Å²) in [6, 6.07) is 0. The van der Waals surface area contributed by atoms with Gasteiger partial charge in [0.15, 0.2) is 5.78 Å². The van der Waals surface area contributed by atoms with Crippen molar-refractivity contribution in [2.75, 3.05) is 0 Å². The van der Waals surface area contributed by atoms with Gasteiger partial charge >= 0.3 is 0 Å². The minimum absolute atomic E-state index is 0.0128. The topological polar surface area (TPSA) is 98.0 Å². The van der Waals surface area contributed by atoms with Crippen LogP contribution in [0, 0.1) is 45.3 Å². The zero-order valence-corrected chi connectivity index (χ0v) is 23.3. The maximum atomic E-state index is 14.1. The minimum Gasteiger partial charge on any atom is -0.393 e. The Morgan fingerprint density at radius 1 is 1.03 bits per heavy atom. The number of fused-ring (bicyclic) bond motifs is 5. The number of rotatable bonds is 4. The molecule has 0 radical (unpaired) electrons. The molecule has 200 valence electrons. The van der Waals surface area contributed by atoms with Crippen molar-refractivity contribution in [3.05, 3.63) is 11.6 Å². The van der Waals surface area contributed by atoms with Crippen molar-refractivity contribution in [1.82, 2.24) is 0 Å². The van der Waals surface area contributed by atoms with Crippen LogP contribution >= 0.6 is 0 Å². The summed E-state index contributed by atoms with van der Waals surface area (Å²) >= 11 is 0. The molecule has 0 aromatic heterocycles. The summed E-state index contributed by atoms with van der Waals surface area (Å²) in [7, 11) is 0. The van der Waals surface area contributed by atoms with Crippen molar-refractivity contribution in [3.63, 3.8) is 0 Å². The SMILES string of the molecule is CC(C)=CCC[C@](C)(O)[C@H]1CC[C@]2(C)[C@@H]1C(=O)[C@H](O)[C@@H]1[C@@]3(C)CC[C@H](O)C(C)(C)[C@@H]3C[C@H](O)[C@]12C. The van der Waals surface area contributed by atoms with Crippen LogP contribution in [-0.4, -0.2) is 50.1 Å². The van der Waals surface area contributed by atoms with Crippen LogP contribution in [0.3, 0.4) is 0 Å². The van der Waals surface area contributed by atoms with Gasteiger partial charge in [0.25, 0.3) is 0 Å². The smallest absolute Gasteiger partial charge is 0.165 e. The van der Waals surface area contributed by atoms with E-state index in [1.54, 1.807) is 0 Å². The third kappa shape index (κ3) is 3.58. The number of carbonyl (C=O) groups excluding carboxylic acids is 1. The fourth-order valence-electron chi connectivity index (χ4n) is 10.0. The van der Waals surface area contributed by atoms with Gasteiger partial charge in [0.2, 0.25) is 0 Å². The average Bonchev–Trinajstić information content (AvgIpc) is 3.12. The monoisotopic (exact) mass is 490 g/mol. The molecule has 4 rings (SSSR count). The van der Waals surface area contributed by atoms with Crippen LogP contribution in [0.15, 0.2) is 11.6 Å². The van der Waals surface area contributed by atoms with Crippen molar-refractivity contribution in [2.45, 2.75) is 124 Å². The van der Waals surface area contributed by atoms with E-state index < -0.39 is 46.1 Å². The number of aliphatic hydroxyl groups excluding tert-OH is 3. The van der Waals surface area contributed by atoms with E-state index in [4.69, 9.17) is 0 Å². The zero-order valence-electron chi connectivity index (χ0n) is 23.3. The first kappa shape index (κ1) is 27.3. The molecular weight excluding hydrogens is 440 g/mol. The van der Waals surface area contributed by atoms with Gasteiger partial charge in [-0.3, -0.25) is 4.79 Å². The molecule has 35 heavy (non-hydrogen) atoms. The Bertz CT molecular complexity index is 887. The molecular formula is C30H50O5. The molecule has 4 aliphatic carbocycles. The molecule has 4 N–H and O–H groups in total. The summed E-state index contributed by atoms with van der Waals surface area (Å²) in [4.78, 5) is 14.1. The van der Waals surface area contributed by atoms with E-state index in [9.17, 15) is 25.2 Å². The van der Waals surface area contributed by atoms with Crippen LogP contribution in [-0.2, 0) is 4.79 Å². The molecule has 0 aliphatic heterocycles. The number of hydrogen-bond acceptors (Lipinski definition) is 5. The van der Waals surface area contributed by atoms with Crippen molar-refractivity contribution >= 4 is 5.78 Å². The molecule has 0 amide bonds. The van der Waals surface area contributed by atoms with Crippen LogP contribution in [0.5, 0.6) is 0 Å². The molecule has 0 unspecified atom stereocenters. The first-order valence-corrected chi connectivity index (χ1v) is 13.9. The zero-order chi connectivity index (χ0) is 26.4. The lowest BCUT2D eigenvalue weighted by atomic mass is 9.34. The van der Waals surface area contributed by atoms with Crippen molar-refractivity contribution in [3.8, 4) is 0 Å². The van der Waals surface area contributed by atoms with Gasteiger partial charge < -0.3 is 20.4 Å². The largest absolute Gasteiger partial charge is 0.393 e. The molecule has 4 fully saturated rings. The summed E-state index contributed by atoms with van der Waals surface area (Å²) in [5.41, 5.74) is -1.72. The van der Waals surface area contributed by atoms with E-state index in [0.717, 1.165) is 25.7 Å². The van der Waals surface area contributed by atoms with E-state index in [2.05, 4.69) is 40.7 Å². The minimum atomic E-state index is -1.17. The number of Topliss-reactive ketones (excluding diaryl/α,β-unsaturated/α-hetero) is 1. The molecule has 0 aromatic rings. The predicted molar refractivity (Wildman–Crippen MR) is 137 cm³/mol. The second-order valence-corrected chi connectivity index (χ2v) is 14.5. The Morgan fingerprint density at radius 2 is 1.66 bits per heavy atom. The van der Waals surface area contributed by atoms with Crippen LogP contribution < -0.4 is 0 Å².